The normalized spacial score (nSPS) is 14.4. The average molecular weight is 607 g/mol. The Morgan fingerprint density at radius 3 is 2.52 bits per heavy atom. The number of carbonyl (C=O) groups is 3. The first kappa shape index (κ1) is 29.0. The van der Waals surface area contributed by atoms with Crippen LogP contribution in [0.5, 0.6) is 0 Å². The molecule has 214 valence electrons. The molecule has 0 bridgehead atoms. The number of halogens is 3. The fourth-order valence-electron chi connectivity index (χ4n) is 4.75. The van der Waals surface area contributed by atoms with Crippen LogP contribution < -0.4 is 11.1 Å². The smallest absolute Gasteiger partial charge is 0.272 e. The molecule has 1 aliphatic heterocycles. The minimum absolute atomic E-state index is 0.0197. The van der Waals surface area contributed by atoms with Gasteiger partial charge in [0.05, 0.1) is 34.7 Å². The van der Waals surface area contributed by atoms with Crippen molar-refractivity contribution in [3.63, 3.8) is 0 Å². The fourth-order valence-corrected chi connectivity index (χ4v) is 5.24. The first-order valence-electron chi connectivity index (χ1n) is 12.9. The summed E-state index contributed by atoms with van der Waals surface area (Å²) in [7, 11) is 0. The molecule has 5 rings (SSSR count). The van der Waals surface area contributed by atoms with Crippen molar-refractivity contribution in [3.8, 4) is 5.69 Å². The molecule has 3 N–H and O–H groups in total. The van der Waals surface area contributed by atoms with E-state index in [4.69, 9.17) is 28.9 Å². The van der Waals surface area contributed by atoms with E-state index in [2.05, 4.69) is 15.4 Å². The van der Waals surface area contributed by atoms with E-state index >= 15 is 0 Å². The topological polar surface area (TPSA) is 123 Å². The summed E-state index contributed by atoms with van der Waals surface area (Å²) in [5.41, 5.74) is 8.66. The number of pyridine rings is 1. The van der Waals surface area contributed by atoms with Gasteiger partial charge in [-0.3, -0.25) is 19.4 Å². The van der Waals surface area contributed by atoms with Gasteiger partial charge in [0.2, 0.25) is 11.8 Å². The number of nitrogens with two attached hydrogens (primary N) is 1. The molecule has 2 aromatic heterocycles. The number of aromatic nitrogens is 3. The van der Waals surface area contributed by atoms with Gasteiger partial charge in [-0.2, -0.15) is 5.10 Å². The van der Waals surface area contributed by atoms with Crippen molar-refractivity contribution in [1.82, 2.24) is 25.0 Å². The Bertz CT molecular complexity index is 1710. The number of primary amides is 1. The van der Waals surface area contributed by atoms with E-state index in [1.165, 1.54) is 17.0 Å². The third-order valence-electron chi connectivity index (χ3n) is 6.72. The van der Waals surface area contributed by atoms with Gasteiger partial charge in [-0.25, -0.2) is 9.07 Å². The maximum absolute atomic E-state index is 13.7. The predicted molar refractivity (Wildman–Crippen MR) is 157 cm³/mol. The van der Waals surface area contributed by atoms with E-state index in [9.17, 15) is 18.8 Å². The number of hydrogen-bond acceptors (Lipinski definition) is 5. The highest BCUT2D eigenvalue weighted by Gasteiger charge is 2.34. The molecule has 9 nitrogen and oxygen atoms in total. The zero-order chi connectivity index (χ0) is 30.0. The monoisotopic (exact) mass is 606 g/mol. The number of carbonyl (C=O) groups excluding carboxylic acids is 3. The lowest BCUT2D eigenvalue weighted by Gasteiger charge is -2.30. The minimum atomic E-state index is -0.777. The van der Waals surface area contributed by atoms with E-state index in [1.54, 1.807) is 66.3 Å². The zero-order valence-electron chi connectivity index (χ0n) is 22.4. The predicted octanol–water partition coefficient (Wildman–Crippen LogP) is 4.96. The van der Waals surface area contributed by atoms with Gasteiger partial charge in [-0.1, -0.05) is 41.4 Å². The lowest BCUT2D eigenvalue weighted by atomic mass is 9.97. The number of fused-ring (bicyclic) bond motifs is 1. The zero-order valence-corrected chi connectivity index (χ0v) is 23.9. The highest BCUT2D eigenvalue weighted by atomic mass is 35.5. The van der Waals surface area contributed by atoms with Gasteiger partial charge >= 0.3 is 0 Å². The van der Waals surface area contributed by atoms with Crippen molar-refractivity contribution in [2.45, 2.75) is 25.9 Å². The summed E-state index contributed by atoms with van der Waals surface area (Å²) in [5, 5.41) is 8.32. The lowest BCUT2D eigenvalue weighted by molar-refractivity contribution is -0.135. The Hall–Kier alpha value is -4.54. The second kappa shape index (κ2) is 12.1. The van der Waals surface area contributed by atoms with Crippen LogP contribution in [0.1, 0.15) is 52.4 Å². The van der Waals surface area contributed by atoms with Gasteiger partial charge in [-0.15, -0.1) is 0 Å². The number of nitrogens with zero attached hydrogens (tertiary/aromatic N) is 4. The molecular weight excluding hydrogens is 582 g/mol. The molecule has 12 heteroatoms. The summed E-state index contributed by atoms with van der Waals surface area (Å²) in [6, 6.07) is 15.6. The van der Waals surface area contributed by atoms with Crippen LogP contribution in [0.4, 0.5) is 4.39 Å². The summed E-state index contributed by atoms with van der Waals surface area (Å²) in [5.74, 6) is -2.19. The molecule has 0 unspecified atom stereocenters. The van der Waals surface area contributed by atoms with E-state index in [-0.39, 0.29) is 23.8 Å². The Morgan fingerprint density at radius 2 is 1.86 bits per heavy atom. The number of nitrogens with one attached hydrogen (secondary N) is 1. The molecule has 0 spiro atoms. The van der Waals surface area contributed by atoms with Gasteiger partial charge < -0.3 is 16.0 Å². The van der Waals surface area contributed by atoms with Crippen LogP contribution in [0.2, 0.25) is 10.0 Å². The SMILES string of the molecule is C[C@@H](NC(=O)c1nn(-c2ccc(Cl)cc2Cl)c2c1CN(C(=O)CC(N)=O)C/C2=C\c1ccc(F)cc1)c1ccccn1. The third-order valence-corrected chi connectivity index (χ3v) is 7.26. The lowest BCUT2D eigenvalue weighted by Crippen LogP contribution is -2.38. The second-order valence-electron chi connectivity index (χ2n) is 9.75. The Labute approximate surface area is 250 Å². The summed E-state index contributed by atoms with van der Waals surface area (Å²) in [4.78, 5) is 44.1. The third kappa shape index (κ3) is 6.19. The summed E-state index contributed by atoms with van der Waals surface area (Å²) in [6.07, 6.45) is 2.89. The maximum atomic E-state index is 13.7. The van der Waals surface area contributed by atoms with Crippen molar-refractivity contribution in [2.24, 2.45) is 5.73 Å². The first-order chi connectivity index (χ1) is 20.1. The number of hydrogen-bond donors (Lipinski definition) is 2. The van der Waals surface area contributed by atoms with Crippen LogP contribution in [0.15, 0.2) is 66.9 Å². The molecule has 3 heterocycles. The number of benzene rings is 2. The van der Waals surface area contributed by atoms with Gasteiger partial charge in [0.15, 0.2) is 5.69 Å². The van der Waals surface area contributed by atoms with E-state index < -0.39 is 36.0 Å². The fraction of sp³-hybridized carbons (Fsp3) is 0.167. The van der Waals surface area contributed by atoms with E-state index in [0.29, 0.717) is 38.8 Å². The summed E-state index contributed by atoms with van der Waals surface area (Å²) < 4.78 is 15.2. The Balaban J connectivity index is 1.68. The van der Waals surface area contributed by atoms with Crippen LogP contribution >= 0.6 is 23.2 Å². The highest BCUT2D eigenvalue weighted by molar-refractivity contribution is 6.35. The molecule has 2 aromatic carbocycles. The maximum Gasteiger partial charge on any atom is 0.272 e. The first-order valence-corrected chi connectivity index (χ1v) is 13.7. The molecule has 0 radical (unpaired) electrons. The van der Waals surface area contributed by atoms with Crippen molar-refractivity contribution >= 4 is 52.6 Å². The van der Waals surface area contributed by atoms with Crippen LogP contribution in [0.3, 0.4) is 0 Å². The Morgan fingerprint density at radius 1 is 1.10 bits per heavy atom. The quantitative estimate of drug-likeness (QED) is 0.288. The van der Waals surface area contributed by atoms with E-state index in [0.717, 1.165) is 0 Å². The molecule has 1 atom stereocenters. The molecule has 1 aliphatic rings. The molecule has 0 saturated heterocycles. The molecular formula is C30H25Cl2FN6O3. The van der Waals surface area contributed by atoms with E-state index in [1.807, 2.05) is 6.07 Å². The molecule has 0 aliphatic carbocycles. The molecule has 42 heavy (non-hydrogen) atoms. The van der Waals surface area contributed by atoms with Crippen LogP contribution in [-0.4, -0.2) is 43.9 Å². The van der Waals surface area contributed by atoms with Crippen LogP contribution in [-0.2, 0) is 16.1 Å². The Kier molecular flexibility index (Phi) is 8.37. The summed E-state index contributed by atoms with van der Waals surface area (Å²) in [6.45, 7) is 1.84. The second-order valence-corrected chi connectivity index (χ2v) is 10.6. The molecule has 0 fully saturated rings. The van der Waals surface area contributed by atoms with Crippen molar-refractivity contribution in [1.29, 1.82) is 0 Å². The minimum Gasteiger partial charge on any atom is -0.369 e. The standard InChI is InChI=1S/C30H25Cl2FN6O3/c1-17(24-4-2-3-11-35-24)36-30(42)28-22-16-38(27(41)14-26(34)40)15-19(12-18-5-8-21(33)9-6-18)29(22)39(37-28)25-10-7-20(31)13-23(25)32/h2-13,17H,14-16H2,1H3,(H2,34,40)(H,36,42)/b19-12+/t17-/m1/s1. The summed E-state index contributed by atoms with van der Waals surface area (Å²) >= 11 is 12.7. The van der Waals surface area contributed by atoms with Crippen molar-refractivity contribution in [3.05, 3.63) is 111 Å². The largest absolute Gasteiger partial charge is 0.369 e. The van der Waals surface area contributed by atoms with Gasteiger partial charge in [-0.05, 0) is 66.6 Å². The van der Waals surface area contributed by atoms with Crippen molar-refractivity contribution in [2.75, 3.05) is 6.54 Å². The van der Waals surface area contributed by atoms with Crippen LogP contribution in [0.25, 0.3) is 17.3 Å². The number of amides is 3. The molecule has 3 amide bonds. The average Bonchev–Trinajstić information content (AvgIpc) is 3.34. The highest BCUT2D eigenvalue weighted by Crippen LogP contribution is 2.36. The van der Waals surface area contributed by atoms with Gasteiger partial charge in [0.25, 0.3) is 5.91 Å². The number of rotatable bonds is 7. The van der Waals surface area contributed by atoms with Crippen LogP contribution in [0, 0.1) is 5.82 Å². The van der Waals surface area contributed by atoms with Crippen molar-refractivity contribution < 1.29 is 18.8 Å². The van der Waals surface area contributed by atoms with Gasteiger partial charge in [0.1, 0.15) is 12.2 Å². The molecule has 0 saturated carbocycles. The van der Waals surface area contributed by atoms with Gasteiger partial charge in [0, 0.05) is 23.3 Å². The molecule has 4 aromatic rings.